The summed E-state index contributed by atoms with van der Waals surface area (Å²) in [4.78, 5) is 41.9. The highest BCUT2D eigenvalue weighted by molar-refractivity contribution is 8.26. The molecule has 0 bridgehead atoms. The number of hydrogen-bond acceptors (Lipinski definition) is 6. The number of hydrogen-bond donors (Lipinski definition) is 1. The zero-order valence-electron chi connectivity index (χ0n) is 24.0. The molecule has 0 aromatic heterocycles. The number of amides is 2. The smallest absolute Gasteiger partial charge is 0.323 e. The molecule has 0 unspecified atom stereocenters. The molecule has 0 aliphatic carbocycles. The summed E-state index contributed by atoms with van der Waals surface area (Å²) in [6.07, 6.45) is 1.63. The molecular weight excluding hydrogens is 593 g/mol. The largest absolute Gasteiger partial charge is 0.488 e. The van der Waals surface area contributed by atoms with E-state index in [-0.39, 0.29) is 27.8 Å². The summed E-state index contributed by atoms with van der Waals surface area (Å²) in [6, 6.07) is 34.3. The van der Waals surface area contributed by atoms with E-state index in [1.165, 1.54) is 0 Å². The predicted octanol–water partition coefficient (Wildman–Crippen LogP) is 6.96. The summed E-state index contributed by atoms with van der Waals surface area (Å²) in [7, 11) is 0. The third kappa shape index (κ3) is 7.42. The number of rotatable bonds is 11. The number of carbonyl (C=O) groups excluding carboxylic acids is 2. The maximum Gasteiger partial charge on any atom is 0.323 e. The zero-order chi connectivity index (χ0) is 31.1. The fourth-order valence-electron chi connectivity index (χ4n) is 4.82. The van der Waals surface area contributed by atoms with E-state index in [2.05, 4.69) is 0 Å². The van der Waals surface area contributed by atoms with Gasteiger partial charge in [0.25, 0.3) is 11.8 Å². The molecule has 222 valence electrons. The van der Waals surface area contributed by atoms with Gasteiger partial charge < -0.3 is 14.7 Å². The van der Waals surface area contributed by atoms with Gasteiger partial charge in [0.15, 0.2) is 0 Å². The van der Waals surface area contributed by atoms with E-state index in [0.29, 0.717) is 23.4 Å². The van der Waals surface area contributed by atoms with Gasteiger partial charge in [0.05, 0.1) is 16.5 Å². The maximum atomic E-state index is 14.5. The van der Waals surface area contributed by atoms with Gasteiger partial charge in [-0.1, -0.05) is 121 Å². The van der Waals surface area contributed by atoms with E-state index in [0.717, 1.165) is 33.4 Å². The number of aliphatic carboxylic acids is 1. The SMILES string of the molecule is C[C@@H](c1ccccc1)N(Cc1ccccc1)C(=O)c1cc(/C=C2\SC(=S)N(CC(=O)O)C2=O)ccc1OCc1ccccc1. The van der Waals surface area contributed by atoms with E-state index >= 15 is 0 Å². The van der Waals surface area contributed by atoms with Crippen LogP contribution in [-0.2, 0) is 22.7 Å². The van der Waals surface area contributed by atoms with Gasteiger partial charge in [0.2, 0.25) is 0 Å². The van der Waals surface area contributed by atoms with Crippen LogP contribution < -0.4 is 4.74 Å². The van der Waals surface area contributed by atoms with Crippen LogP contribution in [0, 0.1) is 0 Å². The topological polar surface area (TPSA) is 87.2 Å². The lowest BCUT2D eigenvalue weighted by atomic mass is 10.0. The summed E-state index contributed by atoms with van der Waals surface area (Å²) in [6.45, 7) is 2.12. The average Bonchev–Trinajstić information content (AvgIpc) is 3.30. The molecule has 1 aliphatic heterocycles. The van der Waals surface area contributed by atoms with Gasteiger partial charge in [-0.3, -0.25) is 19.3 Å². The molecule has 0 saturated carbocycles. The monoisotopic (exact) mass is 622 g/mol. The Bertz CT molecular complexity index is 1690. The van der Waals surface area contributed by atoms with Crippen molar-refractivity contribution >= 4 is 52.2 Å². The number of thiocarbonyl (C=S) groups is 1. The minimum absolute atomic E-state index is 0.175. The summed E-state index contributed by atoms with van der Waals surface area (Å²) in [5.74, 6) is -1.46. The lowest BCUT2D eigenvalue weighted by molar-refractivity contribution is -0.140. The molecule has 0 spiro atoms. The second-order valence-corrected chi connectivity index (χ2v) is 11.9. The highest BCUT2D eigenvalue weighted by atomic mass is 32.2. The average molecular weight is 623 g/mol. The van der Waals surface area contributed by atoms with Crippen LogP contribution in [-0.4, -0.2) is 43.6 Å². The molecule has 1 N–H and O–H groups in total. The Morgan fingerprint density at radius 3 is 2.18 bits per heavy atom. The Labute approximate surface area is 265 Å². The van der Waals surface area contributed by atoms with Gasteiger partial charge in [-0.25, -0.2) is 0 Å². The Kier molecular flexibility index (Phi) is 9.89. The van der Waals surface area contributed by atoms with Crippen LogP contribution in [0.3, 0.4) is 0 Å². The Morgan fingerprint density at radius 1 is 0.932 bits per heavy atom. The van der Waals surface area contributed by atoms with Crippen LogP contribution >= 0.6 is 24.0 Å². The summed E-state index contributed by atoms with van der Waals surface area (Å²) < 4.78 is 6.39. The first-order valence-corrected chi connectivity index (χ1v) is 15.2. The summed E-state index contributed by atoms with van der Waals surface area (Å²) in [5, 5.41) is 9.19. The van der Waals surface area contributed by atoms with E-state index in [1.54, 1.807) is 24.3 Å². The maximum absolute atomic E-state index is 14.5. The highest BCUT2D eigenvalue weighted by Gasteiger charge is 2.33. The molecular formula is C35H30N2O5S2. The van der Waals surface area contributed by atoms with Crippen molar-refractivity contribution in [2.75, 3.05) is 6.54 Å². The second kappa shape index (κ2) is 14.2. The van der Waals surface area contributed by atoms with Gasteiger partial charge in [0, 0.05) is 6.54 Å². The highest BCUT2D eigenvalue weighted by Crippen LogP contribution is 2.34. The second-order valence-electron chi connectivity index (χ2n) is 10.2. The lowest BCUT2D eigenvalue weighted by Gasteiger charge is -2.30. The van der Waals surface area contributed by atoms with Crippen molar-refractivity contribution in [2.24, 2.45) is 0 Å². The normalized spacial score (nSPS) is 14.5. The molecule has 2 amide bonds. The molecule has 4 aromatic carbocycles. The van der Waals surface area contributed by atoms with Crippen molar-refractivity contribution in [3.05, 3.63) is 142 Å². The number of carboxylic acids is 1. The van der Waals surface area contributed by atoms with Gasteiger partial charge in [-0.05, 0) is 47.4 Å². The molecule has 1 aliphatic rings. The van der Waals surface area contributed by atoms with Crippen LogP contribution in [0.25, 0.3) is 6.08 Å². The number of benzene rings is 4. The Balaban J connectivity index is 1.54. The summed E-state index contributed by atoms with van der Waals surface area (Å²) >= 11 is 6.29. The first kappa shape index (κ1) is 30.7. The van der Waals surface area contributed by atoms with Crippen molar-refractivity contribution in [1.29, 1.82) is 0 Å². The molecule has 1 heterocycles. The van der Waals surface area contributed by atoms with Crippen LogP contribution in [0.2, 0.25) is 0 Å². The summed E-state index contributed by atoms with van der Waals surface area (Å²) in [5.41, 5.74) is 3.85. The molecule has 1 atom stereocenters. The molecule has 44 heavy (non-hydrogen) atoms. The lowest BCUT2D eigenvalue weighted by Crippen LogP contribution is -2.33. The Hall–Kier alpha value is -4.73. The van der Waals surface area contributed by atoms with Gasteiger partial charge in [-0.2, -0.15) is 0 Å². The standard InChI is InChI=1S/C35H30N2O5S2/c1-24(28-15-9-4-10-16-28)36(21-25-11-5-2-6-12-25)33(40)29-19-27(17-18-30(29)42-23-26-13-7-3-8-14-26)20-31-34(41)37(22-32(38)39)35(43)44-31/h2-20,24H,21-23H2,1H3,(H,38,39)/b31-20-/t24-/m0/s1. The molecule has 5 rings (SSSR count). The van der Waals surface area contributed by atoms with Crippen LogP contribution in [0.1, 0.15) is 45.6 Å². The van der Waals surface area contributed by atoms with E-state index in [1.807, 2.05) is 103 Å². The zero-order valence-corrected chi connectivity index (χ0v) is 25.6. The number of carbonyl (C=O) groups is 3. The molecule has 4 aromatic rings. The van der Waals surface area contributed by atoms with Gasteiger partial charge >= 0.3 is 5.97 Å². The fourth-order valence-corrected chi connectivity index (χ4v) is 6.07. The predicted molar refractivity (Wildman–Crippen MR) is 176 cm³/mol. The first-order chi connectivity index (χ1) is 21.3. The quantitative estimate of drug-likeness (QED) is 0.143. The number of ether oxygens (including phenoxy) is 1. The molecule has 1 saturated heterocycles. The van der Waals surface area contributed by atoms with Crippen LogP contribution in [0.4, 0.5) is 0 Å². The number of carboxylic acid groups (broad SMARTS) is 1. The van der Waals surface area contributed by atoms with Crippen molar-refractivity contribution in [1.82, 2.24) is 9.80 Å². The van der Waals surface area contributed by atoms with Gasteiger partial charge in [0.1, 0.15) is 23.2 Å². The molecule has 7 nitrogen and oxygen atoms in total. The van der Waals surface area contributed by atoms with E-state index in [4.69, 9.17) is 17.0 Å². The third-order valence-electron chi connectivity index (χ3n) is 7.14. The fraction of sp³-hybridized carbons (Fsp3) is 0.143. The minimum atomic E-state index is -1.15. The number of nitrogens with zero attached hydrogens (tertiary/aromatic N) is 2. The number of thioether (sulfide) groups is 1. The Morgan fingerprint density at radius 2 is 1.55 bits per heavy atom. The minimum Gasteiger partial charge on any atom is -0.488 e. The molecule has 9 heteroatoms. The van der Waals surface area contributed by atoms with Crippen LogP contribution in [0.5, 0.6) is 5.75 Å². The van der Waals surface area contributed by atoms with Crippen molar-refractivity contribution < 1.29 is 24.2 Å². The third-order valence-corrected chi connectivity index (χ3v) is 8.52. The molecule has 1 fully saturated rings. The first-order valence-electron chi connectivity index (χ1n) is 14.0. The van der Waals surface area contributed by atoms with Crippen molar-refractivity contribution in [3.8, 4) is 5.75 Å². The molecule has 0 radical (unpaired) electrons. The van der Waals surface area contributed by atoms with Crippen LogP contribution in [0.15, 0.2) is 114 Å². The van der Waals surface area contributed by atoms with Gasteiger partial charge in [-0.15, -0.1) is 0 Å². The van der Waals surface area contributed by atoms with E-state index < -0.39 is 18.4 Å². The van der Waals surface area contributed by atoms with Crippen molar-refractivity contribution in [3.63, 3.8) is 0 Å². The van der Waals surface area contributed by atoms with Crippen molar-refractivity contribution in [2.45, 2.75) is 26.1 Å². The van der Waals surface area contributed by atoms with E-state index in [9.17, 15) is 19.5 Å².